The zero-order chi connectivity index (χ0) is 15.7. The van der Waals surface area contributed by atoms with Crippen LogP contribution in [0.2, 0.25) is 0 Å². The van der Waals surface area contributed by atoms with Gasteiger partial charge in [0.2, 0.25) is 0 Å². The molecule has 0 amide bonds. The van der Waals surface area contributed by atoms with E-state index in [0.29, 0.717) is 11.3 Å². The molecule has 1 unspecified atom stereocenters. The van der Waals surface area contributed by atoms with Crippen LogP contribution in [0.1, 0.15) is 30.3 Å². The van der Waals surface area contributed by atoms with E-state index in [0.717, 1.165) is 37.8 Å². The molecule has 22 heavy (non-hydrogen) atoms. The third-order valence-electron chi connectivity index (χ3n) is 3.80. The summed E-state index contributed by atoms with van der Waals surface area (Å²) in [4.78, 5) is 8.64. The van der Waals surface area contributed by atoms with Crippen LogP contribution >= 0.6 is 0 Å². The summed E-state index contributed by atoms with van der Waals surface area (Å²) in [5, 5.41) is 6.79. The first-order chi connectivity index (χ1) is 10.4. The molecule has 0 aromatic carbocycles. The van der Waals surface area contributed by atoms with E-state index >= 15 is 0 Å². The molecule has 0 radical (unpaired) electrons. The minimum atomic E-state index is -4.45. The number of aromatic nitrogens is 4. The fraction of sp³-hybridized carbons (Fsp3) is 0.500. The second-order valence-electron chi connectivity index (χ2n) is 5.41. The average Bonchev–Trinajstić information content (AvgIpc) is 2.90. The normalized spacial score (nSPS) is 19.4. The van der Waals surface area contributed by atoms with E-state index in [1.807, 2.05) is 0 Å². The predicted octanol–water partition coefficient (Wildman–Crippen LogP) is 2.36. The standard InChI is InChI=1S/C14H16F3N5/c1-22-11(5-12(21-22)14(15,16)17)10-7-19-13(20-8-10)9-3-2-4-18-6-9/h5,7-9,18H,2-4,6H2,1H3. The molecule has 1 aliphatic heterocycles. The summed E-state index contributed by atoms with van der Waals surface area (Å²) >= 11 is 0. The van der Waals surface area contributed by atoms with E-state index < -0.39 is 11.9 Å². The van der Waals surface area contributed by atoms with Crippen molar-refractivity contribution in [2.24, 2.45) is 7.05 Å². The van der Waals surface area contributed by atoms with E-state index in [4.69, 9.17) is 0 Å². The summed E-state index contributed by atoms with van der Waals surface area (Å²) < 4.78 is 39.3. The van der Waals surface area contributed by atoms with Crippen molar-refractivity contribution in [3.8, 4) is 11.3 Å². The first kappa shape index (κ1) is 15.0. The summed E-state index contributed by atoms with van der Waals surface area (Å²) in [7, 11) is 1.48. The van der Waals surface area contributed by atoms with Crippen LogP contribution in [0.4, 0.5) is 13.2 Å². The van der Waals surface area contributed by atoms with Crippen molar-refractivity contribution in [1.29, 1.82) is 0 Å². The summed E-state index contributed by atoms with van der Waals surface area (Å²) in [6, 6.07) is 1.01. The highest BCUT2D eigenvalue weighted by Gasteiger charge is 2.34. The molecule has 1 N–H and O–H groups in total. The molecule has 5 nitrogen and oxygen atoms in total. The van der Waals surface area contributed by atoms with Gasteiger partial charge in [-0.2, -0.15) is 18.3 Å². The lowest BCUT2D eigenvalue weighted by atomic mass is 9.99. The monoisotopic (exact) mass is 311 g/mol. The average molecular weight is 311 g/mol. The Morgan fingerprint density at radius 3 is 2.55 bits per heavy atom. The molecule has 0 spiro atoms. The molecule has 3 heterocycles. The summed E-state index contributed by atoms with van der Waals surface area (Å²) in [5.74, 6) is 0.995. The van der Waals surface area contributed by atoms with Crippen molar-refractivity contribution >= 4 is 0 Å². The van der Waals surface area contributed by atoms with Crippen molar-refractivity contribution in [2.75, 3.05) is 13.1 Å². The highest BCUT2D eigenvalue weighted by Crippen LogP contribution is 2.31. The first-order valence-corrected chi connectivity index (χ1v) is 7.09. The van der Waals surface area contributed by atoms with Gasteiger partial charge in [-0.1, -0.05) is 0 Å². The van der Waals surface area contributed by atoms with Crippen LogP contribution in [0, 0.1) is 0 Å². The van der Waals surface area contributed by atoms with Crippen LogP contribution in [-0.2, 0) is 13.2 Å². The number of halogens is 3. The van der Waals surface area contributed by atoms with Crippen LogP contribution in [0.5, 0.6) is 0 Å². The van der Waals surface area contributed by atoms with Crippen molar-refractivity contribution < 1.29 is 13.2 Å². The topological polar surface area (TPSA) is 55.6 Å². The van der Waals surface area contributed by atoms with Gasteiger partial charge in [-0.05, 0) is 25.5 Å². The maximum absolute atomic E-state index is 12.7. The zero-order valence-corrected chi connectivity index (χ0v) is 12.1. The number of rotatable bonds is 2. The number of piperidine rings is 1. The summed E-state index contributed by atoms with van der Waals surface area (Å²) in [6.45, 7) is 1.84. The summed E-state index contributed by atoms with van der Waals surface area (Å²) in [5.41, 5.74) is -0.0378. The zero-order valence-electron chi connectivity index (χ0n) is 12.1. The van der Waals surface area contributed by atoms with Gasteiger partial charge in [-0.15, -0.1) is 0 Å². The number of hydrogen-bond acceptors (Lipinski definition) is 4. The van der Waals surface area contributed by atoms with E-state index in [1.54, 1.807) is 12.4 Å². The van der Waals surface area contributed by atoms with E-state index in [9.17, 15) is 13.2 Å². The highest BCUT2D eigenvalue weighted by molar-refractivity contribution is 5.57. The molecular weight excluding hydrogens is 295 g/mol. The Morgan fingerprint density at radius 2 is 2.00 bits per heavy atom. The van der Waals surface area contributed by atoms with Gasteiger partial charge in [0.25, 0.3) is 0 Å². The van der Waals surface area contributed by atoms with Gasteiger partial charge < -0.3 is 5.32 Å². The smallest absolute Gasteiger partial charge is 0.316 e. The third-order valence-corrected chi connectivity index (χ3v) is 3.80. The molecule has 8 heteroatoms. The molecule has 1 fully saturated rings. The van der Waals surface area contributed by atoms with Crippen LogP contribution < -0.4 is 5.32 Å². The molecule has 118 valence electrons. The summed E-state index contributed by atoms with van der Waals surface area (Å²) in [6.07, 6.45) is 0.773. The molecule has 0 saturated carbocycles. The van der Waals surface area contributed by atoms with Gasteiger partial charge in [0.05, 0.1) is 5.69 Å². The quantitative estimate of drug-likeness (QED) is 0.925. The highest BCUT2D eigenvalue weighted by atomic mass is 19.4. The van der Waals surface area contributed by atoms with Crippen LogP contribution in [-0.4, -0.2) is 32.8 Å². The fourth-order valence-corrected chi connectivity index (χ4v) is 2.63. The van der Waals surface area contributed by atoms with Gasteiger partial charge in [-0.25, -0.2) is 9.97 Å². The fourth-order valence-electron chi connectivity index (χ4n) is 2.63. The lowest BCUT2D eigenvalue weighted by Crippen LogP contribution is -2.29. The van der Waals surface area contributed by atoms with Gasteiger partial charge in [-0.3, -0.25) is 4.68 Å². The van der Waals surface area contributed by atoms with Crippen molar-refractivity contribution in [3.63, 3.8) is 0 Å². The van der Waals surface area contributed by atoms with Crippen molar-refractivity contribution in [3.05, 3.63) is 30.0 Å². The van der Waals surface area contributed by atoms with Gasteiger partial charge >= 0.3 is 6.18 Å². The Balaban J connectivity index is 1.85. The SMILES string of the molecule is Cn1nc(C(F)(F)F)cc1-c1cnc(C2CCCNC2)nc1. The Labute approximate surface area is 125 Å². The maximum atomic E-state index is 12.7. The van der Waals surface area contributed by atoms with E-state index in [2.05, 4.69) is 20.4 Å². The lowest BCUT2D eigenvalue weighted by molar-refractivity contribution is -0.141. The van der Waals surface area contributed by atoms with Gasteiger partial charge in [0.15, 0.2) is 5.69 Å². The van der Waals surface area contributed by atoms with Crippen LogP contribution in [0.3, 0.4) is 0 Å². The molecule has 2 aromatic heterocycles. The molecular formula is C14H16F3N5. The number of nitrogens with zero attached hydrogens (tertiary/aromatic N) is 4. The van der Waals surface area contributed by atoms with Crippen molar-refractivity contribution in [2.45, 2.75) is 24.9 Å². The van der Waals surface area contributed by atoms with E-state index in [-0.39, 0.29) is 5.92 Å². The number of aryl methyl sites for hydroxylation is 1. The van der Waals surface area contributed by atoms with Gasteiger partial charge in [0, 0.05) is 37.5 Å². The minimum Gasteiger partial charge on any atom is -0.316 e. The van der Waals surface area contributed by atoms with Crippen molar-refractivity contribution in [1.82, 2.24) is 25.1 Å². The molecule has 1 aliphatic rings. The van der Waals surface area contributed by atoms with E-state index in [1.165, 1.54) is 11.7 Å². The lowest BCUT2D eigenvalue weighted by Gasteiger charge is -2.21. The second-order valence-corrected chi connectivity index (χ2v) is 5.41. The molecule has 0 aliphatic carbocycles. The van der Waals surface area contributed by atoms with Gasteiger partial charge in [0.1, 0.15) is 5.82 Å². The number of alkyl halides is 3. The first-order valence-electron chi connectivity index (χ1n) is 7.09. The number of hydrogen-bond donors (Lipinski definition) is 1. The minimum absolute atomic E-state index is 0.264. The number of nitrogens with one attached hydrogen (secondary N) is 1. The second kappa shape index (κ2) is 5.68. The largest absolute Gasteiger partial charge is 0.435 e. The van der Waals surface area contributed by atoms with Crippen LogP contribution in [0.25, 0.3) is 11.3 Å². The Bertz CT molecular complexity index is 641. The Hall–Kier alpha value is -1.96. The van der Waals surface area contributed by atoms with Crippen LogP contribution in [0.15, 0.2) is 18.5 Å². The Kier molecular flexibility index (Phi) is 3.86. The molecule has 0 bridgehead atoms. The Morgan fingerprint density at radius 1 is 1.27 bits per heavy atom. The molecule has 2 aromatic rings. The maximum Gasteiger partial charge on any atom is 0.435 e. The third kappa shape index (κ3) is 2.96. The molecule has 3 rings (SSSR count). The predicted molar refractivity (Wildman–Crippen MR) is 74.1 cm³/mol. The molecule has 1 atom stereocenters. The molecule has 1 saturated heterocycles.